The number of anilines is 2. The van der Waals surface area contributed by atoms with Crippen LogP contribution in [-0.2, 0) is 10.0 Å². The fourth-order valence-corrected chi connectivity index (χ4v) is 3.73. The summed E-state index contributed by atoms with van der Waals surface area (Å²) in [4.78, 5) is 12.2. The Balaban J connectivity index is 1.65. The average Bonchev–Trinajstić information content (AvgIpc) is 3.02. The van der Waals surface area contributed by atoms with Crippen LogP contribution >= 0.6 is 23.2 Å². The lowest BCUT2D eigenvalue weighted by Crippen LogP contribution is -2.13. The van der Waals surface area contributed by atoms with E-state index in [-0.39, 0.29) is 16.6 Å². The molecule has 0 aliphatic carbocycles. The smallest absolute Gasteiger partial charge is 0.264 e. The van der Waals surface area contributed by atoms with E-state index in [9.17, 15) is 13.2 Å². The summed E-state index contributed by atoms with van der Waals surface area (Å²) in [6.45, 7) is 3.43. The molecular formula is C20H17Cl2N3O4S. The van der Waals surface area contributed by atoms with Gasteiger partial charge in [-0.15, -0.1) is 0 Å². The van der Waals surface area contributed by atoms with Crippen molar-refractivity contribution in [3.05, 3.63) is 81.6 Å². The number of aryl methyl sites for hydroxylation is 1. The number of hydrogen-bond donors (Lipinski definition) is 2. The number of allylic oxidation sites excluding steroid dienone is 1. The number of hydrogen-bond acceptors (Lipinski definition) is 6. The number of sulfonamides is 1. The topological polar surface area (TPSA) is 101 Å². The van der Waals surface area contributed by atoms with Crippen molar-refractivity contribution in [1.29, 1.82) is 0 Å². The van der Waals surface area contributed by atoms with Crippen LogP contribution in [-0.4, -0.2) is 19.4 Å². The Labute approximate surface area is 183 Å². The maximum atomic E-state index is 12.5. The number of nitrogens with one attached hydrogen (secondary N) is 2. The van der Waals surface area contributed by atoms with Crippen LogP contribution in [0, 0.1) is 13.8 Å². The van der Waals surface area contributed by atoms with Crippen molar-refractivity contribution < 1.29 is 17.7 Å². The Hall–Kier alpha value is -2.81. The molecule has 0 saturated heterocycles. The minimum atomic E-state index is -3.82. The molecule has 0 fully saturated rings. The van der Waals surface area contributed by atoms with Crippen molar-refractivity contribution in [2.24, 2.45) is 0 Å². The SMILES string of the molecule is Cc1noc(NS(=O)(=O)c2ccc(N/C=C/C(=O)c3ccc(Cl)c(Cl)c3)cc2)c1C. The van der Waals surface area contributed by atoms with Gasteiger partial charge in [0, 0.05) is 29.1 Å². The summed E-state index contributed by atoms with van der Waals surface area (Å²) in [5, 5.41) is 7.30. The van der Waals surface area contributed by atoms with Gasteiger partial charge in [-0.3, -0.25) is 4.79 Å². The van der Waals surface area contributed by atoms with Gasteiger partial charge in [-0.2, -0.15) is 0 Å². The molecule has 156 valence electrons. The van der Waals surface area contributed by atoms with Crippen LogP contribution in [0.25, 0.3) is 0 Å². The van der Waals surface area contributed by atoms with E-state index in [2.05, 4.69) is 15.2 Å². The van der Waals surface area contributed by atoms with E-state index in [0.717, 1.165) is 0 Å². The molecule has 3 aromatic rings. The Morgan fingerprint density at radius 2 is 1.77 bits per heavy atom. The highest BCUT2D eigenvalue weighted by molar-refractivity contribution is 7.92. The lowest BCUT2D eigenvalue weighted by atomic mass is 10.1. The zero-order valence-corrected chi connectivity index (χ0v) is 18.3. The summed E-state index contributed by atoms with van der Waals surface area (Å²) < 4.78 is 32.3. The zero-order chi connectivity index (χ0) is 21.9. The fourth-order valence-electron chi connectivity index (χ4n) is 2.38. The Morgan fingerprint density at radius 1 is 1.07 bits per heavy atom. The molecule has 0 bridgehead atoms. The van der Waals surface area contributed by atoms with Crippen molar-refractivity contribution in [3.63, 3.8) is 0 Å². The van der Waals surface area contributed by atoms with E-state index in [1.165, 1.54) is 30.5 Å². The molecule has 0 atom stereocenters. The largest absolute Gasteiger partial charge is 0.362 e. The quantitative estimate of drug-likeness (QED) is 0.366. The number of rotatable bonds is 7. The Bertz CT molecular complexity index is 1220. The van der Waals surface area contributed by atoms with Crippen molar-refractivity contribution in [3.8, 4) is 0 Å². The molecule has 3 rings (SSSR count). The van der Waals surface area contributed by atoms with Gasteiger partial charge in [0.2, 0.25) is 5.88 Å². The minimum absolute atomic E-state index is 0.0531. The zero-order valence-electron chi connectivity index (χ0n) is 15.9. The van der Waals surface area contributed by atoms with Crippen molar-refractivity contribution in [1.82, 2.24) is 5.16 Å². The Morgan fingerprint density at radius 3 is 2.37 bits per heavy atom. The third-order valence-electron chi connectivity index (χ3n) is 4.24. The molecular weight excluding hydrogens is 449 g/mol. The normalized spacial score (nSPS) is 11.6. The predicted molar refractivity (Wildman–Crippen MR) is 117 cm³/mol. The standard InChI is InChI=1S/C20H17Cl2N3O4S/c1-12-13(2)24-29-20(12)25-30(27,28)16-6-4-15(5-7-16)23-10-9-19(26)14-3-8-17(21)18(22)11-14/h3-11,23,25H,1-2H3/b10-9+. The van der Waals surface area contributed by atoms with E-state index in [4.69, 9.17) is 27.7 Å². The van der Waals surface area contributed by atoms with Gasteiger partial charge in [-0.1, -0.05) is 28.4 Å². The minimum Gasteiger partial charge on any atom is -0.362 e. The van der Waals surface area contributed by atoms with Crippen molar-refractivity contribution in [2.75, 3.05) is 10.0 Å². The van der Waals surface area contributed by atoms with Gasteiger partial charge < -0.3 is 9.84 Å². The average molecular weight is 466 g/mol. The molecule has 1 heterocycles. The molecule has 10 heteroatoms. The molecule has 0 radical (unpaired) electrons. The predicted octanol–water partition coefficient (Wildman–Crippen LogP) is 5.21. The van der Waals surface area contributed by atoms with Gasteiger partial charge in [0.15, 0.2) is 5.78 Å². The summed E-state index contributed by atoms with van der Waals surface area (Å²) >= 11 is 11.8. The summed E-state index contributed by atoms with van der Waals surface area (Å²) in [5.74, 6) is -0.180. The molecule has 7 nitrogen and oxygen atoms in total. The van der Waals surface area contributed by atoms with Gasteiger partial charge in [0.1, 0.15) is 0 Å². The van der Waals surface area contributed by atoms with E-state index >= 15 is 0 Å². The molecule has 0 unspecified atom stereocenters. The first-order valence-electron chi connectivity index (χ1n) is 8.65. The molecule has 2 aromatic carbocycles. The van der Waals surface area contributed by atoms with E-state index in [0.29, 0.717) is 32.6 Å². The van der Waals surface area contributed by atoms with Crippen LogP contribution in [0.15, 0.2) is 64.2 Å². The van der Waals surface area contributed by atoms with Gasteiger partial charge in [0.05, 0.1) is 20.6 Å². The lowest BCUT2D eigenvalue weighted by Gasteiger charge is -2.07. The number of halogens is 2. The fraction of sp³-hybridized carbons (Fsp3) is 0.100. The van der Waals surface area contributed by atoms with Crippen molar-refractivity contribution in [2.45, 2.75) is 18.7 Å². The highest BCUT2D eigenvalue weighted by Gasteiger charge is 2.19. The highest BCUT2D eigenvalue weighted by atomic mass is 35.5. The van der Waals surface area contributed by atoms with Gasteiger partial charge in [0.25, 0.3) is 10.0 Å². The number of ketones is 1. The second-order valence-electron chi connectivity index (χ2n) is 6.32. The van der Waals surface area contributed by atoms with Crippen LogP contribution in [0.1, 0.15) is 21.6 Å². The van der Waals surface area contributed by atoms with E-state index < -0.39 is 10.0 Å². The van der Waals surface area contributed by atoms with Crippen LogP contribution < -0.4 is 10.0 Å². The first kappa shape index (κ1) is 21.9. The third kappa shape index (κ3) is 5.02. The monoisotopic (exact) mass is 465 g/mol. The number of benzene rings is 2. The highest BCUT2D eigenvalue weighted by Crippen LogP contribution is 2.24. The van der Waals surface area contributed by atoms with Crippen LogP contribution in [0.3, 0.4) is 0 Å². The molecule has 1 aromatic heterocycles. The third-order valence-corrected chi connectivity index (χ3v) is 6.32. The maximum Gasteiger partial charge on any atom is 0.264 e. The summed E-state index contributed by atoms with van der Waals surface area (Å²) in [5.41, 5.74) is 2.22. The number of nitrogens with zero attached hydrogens (tertiary/aromatic N) is 1. The van der Waals surface area contributed by atoms with Crippen LogP contribution in [0.4, 0.5) is 11.6 Å². The number of aromatic nitrogens is 1. The molecule has 0 amide bonds. The van der Waals surface area contributed by atoms with Crippen LogP contribution in [0.2, 0.25) is 10.0 Å². The number of carbonyl (C=O) groups is 1. The molecule has 2 N–H and O–H groups in total. The first-order valence-corrected chi connectivity index (χ1v) is 10.9. The summed E-state index contributed by atoms with van der Waals surface area (Å²) in [7, 11) is -3.82. The van der Waals surface area contributed by atoms with Crippen molar-refractivity contribution >= 4 is 50.6 Å². The summed E-state index contributed by atoms with van der Waals surface area (Å²) in [6.07, 6.45) is 2.79. The molecule has 0 aliphatic rings. The molecule has 0 aliphatic heterocycles. The molecule has 0 saturated carbocycles. The van der Waals surface area contributed by atoms with Crippen LogP contribution in [0.5, 0.6) is 0 Å². The second-order valence-corrected chi connectivity index (χ2v) is 8.82. The maximum absolute atomic E-state index is 12.5. The van der Waals surface area contributed by atoms with Gasteiger partial charge >= 0.3 is 0 Å². The lowest BCUT2D eigenvalue weighted by molar-refractivity contribution is 0.104. The second kappa shape index (κ2) is 8.91. The first-order chi connectivity index (χ1) is 14.2. The van der Waals surface area contributed by atoms with Gasteiger partial charge in [-0.05, 0) is 56.3 Å². The molecule has 0 spiro atoms. The van der Waals surface area contributed by atoms with E-state index in [1.807, 2.05) is 0 Å². The van der Waals surface area contributed by atoms with Gasteiger partial charge in [-0.25, -0.2) is 13.1 Å². The number of carbonyl (C=O) groups excluding carboxylic acids is 1. The van der Waals surface area contributed by atoms with E-state index in [1.54, 1.807) is 38.1 Å². The Kier molecular flexibility index (Phi) is 6.50. The molecule has 30 heavy (non-hydrogen) atoms. The summed E-state index contributed by atoms with van der Waals surface area (Å²) in [6, 6.07) is 10.6.